The Morgan fingerprint density at radius 2 is 2.07 bits per heavy atom. The van der Waals surface area contributed by atoms with Gasteiger partial charge in [-0.15, -0.1) is 0 Å². The monoisotopic (exact) mass is 211 g/mol. The molecule has 2 aliphatic rings. The van der Waals surface area contributed by atoms with E-state index < -0.39 is 0 Å². The topological polar surface area (TPSA) is 29.1 Å². The molecule has 0 aromatic heterocycles. The number of hydrogen-bond acceptors (Lipinski definition) is 2. The minimum atomic E-state index is 0.144. The first-order valence-corrected chi connectivity index (χ1v) is 6.30. The predicted molar refractivity (Wildman–Crippen MR) is 59.9 cm³/mol. The summed E-state index contributed by atoms with van der Waals surface area (Å²) in [4.78, 5) is 11.5. The van der Waals surface area contributed by atoms with Gasteiger partial charge in [-0.25, -0.2) is 0 Å². The van der Waals surface area contributed by atoms with E-state index in [1.165, 1.54) is 32.1 Å². The molecule has 2 rings (SSSR count). The second-order valence-corrected chi connectivity index (χ2v) is 5.56. The molecule has 1 heterocycles. The lowest BCUT2D eigenvalue weighted by atomic mass is 9.86. The average Bonchev–Trinajstić information content (AvgIpc) is 2.47. The van der Waals surface area contributed by atoms with E-state index in [2.05, 4.69) is 11.9 Å². The number of nitrogens with one attached hydrogen (secondary N) is 1. The summed E-state index contributed by atoms with van der Waals surface area (Å²) in [6.07, 6.45) is 7.77. The van der Waals surface area contributed by atoms with Crippen molar-refractivity contribution in [2.75, 3.05) is 0 Å². The number of rotatable bonds is 2. The molecule has 1 atom stereocenters. The molecule has 2 fully saturated rings. The molecule has 2 nitrogen and oxygen atoms in total. The van der Waals surface area contributed by atoms with Gasteiger partial charge in [0.1, 0.15) is 0 Å². The maximum atomic E-state index is 11.5. The van der Waals surface area contributed by atoms with Crippen LogP contribution in [-0.4, -0.2) is 11.2 Å². The largest absolute Gasteiger partial charge is 0.320 e. The first-order valence-electron chi connectivity index (χ1n) is 5.42. The van der Waals surface area contributed by atoms with E-state index in [1.54, 1.807) is 11.8 Å². The van der Waals surface area contributed by atoms with Gasteiger partial charge in [-0.3, -0.25) is 4.79 Å². The van der Waals surface area contributed by atoms with E-state index in [0.717, 1.165) is 17.4 Å². The molecule has 78 valence electrons. The lowest BCUT2D eigenvalue weighted by Gasteiger charge is -2.22. The number of thioether (sulfide) groups is 1. The second-order valence-electron chi connectivity index (χ2n) is 4.26. The SMILES string of the molecule is C=C1NC(=O)C(CC2CCCCC2)S1. The van der Waals surface area contributed by atoms with Crippen molar-refractivity contribution in [1.29, 1.82) is 0 Å². The van der Waals surface area contributed by atoms with Gasteiger partial charge in [0, 0.05) is 0 Å². The molecule has 1 unspecified atom stereocenters. The maximum absolute atomic E-state index is 11.5. The first kappa shape index (κ1) is 10.1. The summed E-state index contributed by atoms with van der Waals surface area (Å²) in [5.74, 6) is 0.948. The first-order chi connectivity index (χ1) is 6.75. The van der Waals surface area contributed by atoms with E-state index in [9.17, 15) is 4.79 Å². The van der Waals surface area contributed by atoms with Gasteiger partial charge in [0.25, 0.3) is 0 Å². The smallest absolute Gasteiger partial charge is 0.238 e. The summed E-state index contributed by atoms with van der Waals surface area (Å²) >= 11 is 1.61. The third-order valence-electron chi connectivity index (χ3n) is 3.11. The molecule has 3 heteroatoms. The minimum Gasteiger partial charge on any atom is -0.320 e. The van der Waals surface area contributed by atoms with E-state index in [1.807, 2.05) is 0 Å². The van der Waals surface area contributed by atoms with E-state index in [4.69, 9.17) is 0 Å². The van der Waals surface area contributed by atoms with Gasteiger partial charge in [0.2, 0.25) is 5.91 Å². The van der Waals surface area contributed by atoms with Crippen molar-refractivity contribution in [2.45, 2.75) is 43.8 Å². The van der Waals surface area contributed by atoms with E-state index in [0.29, 0.717) is 0 Å². The fraction of sp³-hybridized carbons (Fsp3) is 0.727. The molecule has 0 aromatic carbocycles. The molecule has 1 N–H and O–H groups in total. The minimum absolute atomic E-state index is 0.144. The molecule has 0 aromatic rings. The number of carbonyl (C=O) groups is 1. The van der Waals surface area contributed by atoms with Crippen LogP contribution >= 0.6 is 11.8 Å². The van der Waals surface area contributed by atoms with Crippen molar-refractivity contribution in [3.63, 3.8) is 0 Å². The Morgan fingerprint density at radius 1 is 1.36 bits per heavy atom. The molecule has 0 spiro atoms. The zero-order valence-electron chi connectivity index (χ0n) is 8.42. The molecule has 1 saturated heterocycles. The highest BCUT2D eigenvalue weighted by Gasteiger charge is 2.30. The summed E-state index contributed by atoms with van der Waals surface area (Å²) in [5, 5.41) is 3.76. The number of amides is 1. The molecule has 14 heavy (non-hydrogen) atoms. The van der Waals surface area contributed by atoms with Crippen LogP contribution in [0.3, 0.4) is 0 Å². The third-order valence-corrected chi connectivity index (χ3v) is 4.19. The van der Waals surface area contributed by atoms with Gasteiger partial charge in [-0.1, -0.05) is 50.4 Å². The van der Waals surface area contributed by atoms with Crippen LogP contribution in [0.2, 0.25) is 0 Å². The summed E-state index contributed by atoms with van der Waals surface area (Å²) < 4.78 is 0. The molecule has 1 saturated carbocycles. The maximum Gasteiger partial charge on any atom is 0.238 e. The second kappa shape index (κ2) is 4.39. The number of carbonyl (C=O) groups excluding carboxylic acids is 1. The van der Waals surface area contributed by atoms with Crippen LogP contribution in [0.1, 0.15) is 38.5 Å². The fourth-order valence-electron chi connectivity index (χ4n) is 2.35. The Morgan fingerprint density at radius 3 is 2.64 bits per heavy atom. The van der Waals surface area contributed by atoms with Crippen molar-refractivity contribution < 1.29 is 4.79 Å². The van der Waals surface area contributed by atoms with Crippen molar-refractivity contribution in [3.8, 4) is 0 Å². The molecule has 0 radical (unpaired) electrons. The standard InChI is InChI=1S/C11H17NOS/c1-8-12-11(13)10(14-8)7-9-5-3-2-4-6-9/h9-10H,1-7H2,(H,12,13). The van der Waals surface area contributed by atoms with Gasteiger partial charge < -0.3 is 5.32 Å². The van der Waals surface area contributed by atoms with E-state index >= 15 is 0 Å². The third kappa shape index (κ3) is 2.32. The Balaban J connectivity index is 1.84. The molecule has 1 aliphatic heterocycles. The predicted octanol–water partition coefficient (Wildman–Crippen LogP) is 2.66. The highest BCUT2D eigenvalue weighted by Crippen LogP contribution is 2.35. The Labute approximate surface area is 89.5 Å². The van der Waals surface area contributed by atoms with Crippen molar-refractivity contribution in [1.82, 2.24) is 5.32 Å². The summed E-state index contributed by atoms with van der Waals surface area (Å²) in [5.41, 5.74) is 0. The lowest BCUT2D eigenvalue weighted by Crippen LogP contribution is -2.24. The Bertz CT molecular complexity index is 246. The highest BCUT2D eigenvalue weighted by molar-refractivity contribution is 8.04. The number of hydrogen-bond donors (Lipinski definition) is 1. The van der Waals surface area contributed by atoms with Gasteiger partial charge >= 0.3 is 0 Å². The van der Waals surface area contributed by atoms with Crippen LogP contribution in [0.4, 0.5) is 0 Å². The van der Waals surface area contributed by atoms with Crippen LogP contribution in [0, 0.1) is 5.92 Å². The van der Waals surface area contributed by atoms with Gasteiger partial charge in [0.05, 0.1) is 10.3 Å². The van der Waals surface area contributed by atoms with Gasteiger partial charge in [0.15, 0.2) is 0 Å². The quantitative estimate of drug-likeness (QED) is 0.761. The van der Waals surface area contributed by atoms with E-state index in [-0.39, 0.29) is 11.2 Å². The molecule has 1 amide bonds. The average molecular weight is 211 g/mol. The van der Waals surface area contributed by atoms with Crippen LogP contribution in [0.25, 0.3) is 0 Å². The lowest BCUT2D eigenvalue weighted by molar-refractivity contribution is -0.119. The normalized spacial score (nSPS) is 29.3. The zero-order chi connectivity index (χ0) is 9.97. The van der Waals surface area contributed by atoms with Crippen LogP contribution < -0.4 is 5.32 Å². The zero-order valence-corrected chi connectivity index (χ0v) is 9.24. The summed E-state index contributed by atoms with van der Waals surface area (Å²) in [6.45, 7) is 3.78. The van der Waals surface area contributed by atoms with Crippen LogP contribution in [0.15, 0.2) is 11.6 Å². The van der Waals surface area contributed by atoms with Gasteiger partial charge in [-0.05, 0) is 12.3 Å². The van der Waals surface area contributed by atoms with Gasteiger partial charge in [-0.2, -0.15) is 0 Å². The van der Waals surface area contributed by atoms with Crippen LogP contribution in [-0.2, 0) is 4.79 Å². The molecule has 0 bridgehead atoms. The summed E-state index contributed by atoms with van der Waals surface area (Å²) in [7, 11) is 0. The molecule has 1 aliphatic carbocycles. The molecular formula is C11H17NOS. The highest BCUT2D eigenvalue weighted by atomic mass is 32.2. The fourth-order valence-corrected chi connectivity index (χ4v) is 3.39. The van der Waals surface area contributed by atoms with Crippen molar-refractivity contribution in [2.24, 2.45) is 5.92 Å². The molecular weight excluding hydrogens is 194 g/mol. The van der Waals surface area contributed by atoms with Crippen molar-refractivity contribution in [3.05, 3.63) is 11.6 Å². The Hall–Kier alpha value is -0.440. The van der Waals surface area contributed by atoms with Crippen molar-refractivity contribution >= 4 is 17.7 Å². The summed E-state index contributed by atoms with van der Waals surface area (Å²) in [6, 6.07) is 0. The Kier molecular flexibility index (Phi) is 3.16. The van der Waals surface area contributed by atoms with Crippen LogP contribution in [0.5, 0.6) is 0 Å².